The number of hydrogen-bond acceptors (Lipinski definition) is 5. The third kappa shape index (κ3) is 7.33. The first kappa shape index (κ1) is 23.7. The van der Waals surface area contributed by atoms with Crippen LogP contribution in [0.2, 0.25) is 0 Å². The number of aliphatic imine (C=N–C) groups is 1. The molecule has 0 aromatic heterocycles. The van der Waals surface area contributed by atoms with E-state index in [-0.39, 0.29) is 17.7 Å². The zero-order chi connectivity index (χ0) is 21.5. The third-order valence-corrected chi connectivity index (χ3v) is 5.66. The van der Waals surface area contributed by atoms with Gasteiger partial charge in [0.15, 0.2) is 5.96 Å². The molecule has 0 aliphatic carbocycles. The first-order valence-corrected chi connectivity index (χ1v) is 10.9. The van der Waals surface area contributed by atoms with Crippen molar-refractivity contribution in [2.45, 2.75) is 70.6 Å². The van der Waals surface area contributed by atoms with Crippen LogP contribution in [0.1, 0.15) is 53.4 Å². The lowest BCUT2D eigenvalue weighted by Gasteiger charge is -2.42. The summed E-state index contributed by atoms with van der Waals surface area (Å²) in [5.41, 5.74) is -0.437. The van der Waals surface area contributed by atoms with Gasteiger partial charge in [-0.2, -0.15) is 0 Å². The Bertz CT molecular complexity index is 553. The van der Waals surface area contributed by atoms with E-state index >= 15 is 0 Å². The van der Waals surface area contributed by atoms with Crippen LogP contribution in [0.3, 0.4) is 0 Å². The van der Waals surface area contributed by atoms with E-state index in [1.807, 2.05) is 20.8 Å². The highest BCUT2D eigenvalue weighted by Crippen LogP contribution is 2.26. The van der Waals surface area contributed by atoms with E-state index in [9.17, 15) is 4.79 Å². The number of likely N-dealkylation sites (tertiary alicyclic amines) is 1. The van der Waals surface area contributed by atoms with Crippen LogP contribution >= 0.6 is 0 Å². The highest BCUT2D eigenvalue weighted by atomic mass is 16.6. The SMILES string of the molecule is CCNC(=NCC1(N(C)C)CCOCC1)NC1CCCN(C(=O)OC(C)(C)C)C1. The molecule has 29 heavy (non-hydrogen) atoms. The number of likely N-dealkylation sites (N-methyl/N-ethyl adjacent to an activating group) is 1. The largest absolute Gasteiger partial charge is 0.444 e. The molecule has 0 bridgehead atoms. The summed E-state index contributed by atoms with van der Waals surface area (Å²) >= 11 is 0. The van der Waals surface area contributed by atoms with Gasteiger partial charge in [0.2, 0.25) is 0 Å². The van der Waals surface area contributed by atoms with E-state index in [1.54, 1.807) is 4.90 Å². The van der Waals surface area contributed by atoms with E-state index in [0.717, 1.165) is 64.5 Å². The van der Waals surface area contributed by atoms with Crippen LogP contribution in [-0.2, 0) is 9.47 Å². The third-order valence-electron chi connectivity index (χ3n) is 5.66. The molecule has 0 radical (unpaired) electrons. The minimum Gasteiger partial charge on any atom is -0.444 e. The first-order valence-electron chi connectivity index (χ1n) is 10.9. The average molecular weight is 412 g/mol. The summed E-state index contributed by atoms with van der Waals surface area (Å²) in [4.78, 5) is 21.4. The Balaban J connectivity index is 1.99. The molecule has 168 valence electrons. The normalized spacial score (nSPS) is 23.1. The molecule has 2 saturated heterocycles. The monoisotopic (exact) mass is 411 g/mol. The minimum absolute atomic E-state index is 0.0374. The van der Waals surface area contributed by atoms with Gasteiger partial charge in [-0.3, -0.25) is 4.99 Å². The second-order valence-corrected chi connectivity index (χ2v) is 9.34. The standard InChI is InChI=1S/C21H41N5O3/c1-7-22-18(23-16-21(25(5)6)10-13-28-14-11-21)24-17-9-8-12-26(15-17)19(27)29-20(2,3)4/h17H,7-16H2,1-6H3,(H2,22,23,24). The van der Waals surface area contributed by atoms with Crippen LogP contribution in [0.5, 0.6) is 0 Å². The minimum atomic E-state index is -0.474. The fourth-order valence-corrected chi connectivity index (χ4v) is 3.82. The lowest BCUT2D eigenvalue weighted by Crippen LogP contribution is -2.54. The number of carbonyl (C=O) groups excluding carboxylic acids is 1. The van der Waals surface area contributed by atoms with Crippen LogP contribution in [0.25, 0.3) is 0 Å². The van der Waals surface area contributed by atoms with Crippen molar-refractivity contribution < 1.29 is 14.3 Å². The Hall–Kier alpha value is -1.54. The van der Waals surface area contributed by atoms with E-state index < -0.39 is 5.60 Å². The number of hydrogen-bond donors (Lipinski definition) is 2. The number of piperidine rings is 1. The maximum atomic E-state index is 12.4. The van der Waals surface area contributed by atoms with Gasteiger partial charge in [-0.05, 0) is 67.5 Å². The van der Waals surface area contributed by atoms with Gasteiger partial charge < -0.3 is 29.9 Å². The van der Waals surface area contributed by atoms with Crippen molar-refractivity contribution in [3.8, 4) is 0 Å². The topological polar surface area (TPSA) is 78.4 Å². The molecule has 1 amide bonds. The second-order valence-electron chi connectivity index (χ2n) is 9.34. The first-order chi connectivity index (χ1) is 13.6. The van der Waals surface area contributed by atoms with Crippen molar-refractivity contribution in [3.63, 3.8) is 0 Å². The molecule has 1 unspecified atom stereocenters. The van der Waals surface area contributed by atoms with Gasteiger partial charge >= 0.3 is 6.09 Å². The summed E-state index contributed by atoms with van der Waals surface area (Å²) in [5.74, 6) is 0.816. The van der Waals surface area contributed by atoms with Gasteiger partial charge in [-0.15, -0.1) is 0 Å². The smallest absolute Gasteiger partial charge is 0.410 e. The fraction of sp³-hybridized carbons (Fsp3) is 0.905. The van der Waals surface area contributed by atoms with Crippen molar-refractivity contribution >= 4 is 12.1 Å². The highest BCUT2D eigenvalue weighted by molar-refractivity contribution is 5.80. The molecule has 2 aliphatic rings. The van der Waals surface area contributed by atoms with Gasteiger partial charge in [-0.25, -0.2) is 4.79 Å². The molecular weight excluding hydrogens is 370 g/mol. The molecule has 0 spiro atoms. The molecule has 2 N–H and O–H groups in total. The van der Waals surface area contributed by atoms with Crippen LogP contribution in [0.4, 0.5) is 4.79 Å². The quantitative estimate of drug-likeness (QED) is 0.533. The van der Waals surface area contributed by atoms with Crippen molar-refractivity contribution in [3.05, 3.63) is 0 Å². The summed E-state index contributed by atoms with van der Waals surface area (Å²) in [7, 11) is 4.25. The van der Waals surface area contributed by atoms with Gasteiger partial charge in [0.05, 0.1) is 6.54 Å². The van der Waals surface area contributed by atoms with Crippen LogP contribution in [0.15, 0.2) is 4.99 Å². The molecule has 0 aromatic rings. The lowest BCUT2D eigenvalue weighted by molar-refractivity contribution is -0.00256. The Morgan fingerprint density at radius 1 is 1.31 bits per heavy atom. The van der Waals surface area contributed by atoms with Gasteiger partial charge in [0, 0.05) is 44.4 Å². The van der Waals surface area contributed by atoms with Crippen molar-refractivity contribution in [2.24, 2.45) is 4.99 Å². The maximum absolute atomic E-state index is 12.4. The molecule has 2 fully saturated rings. The number of amides is 1. The molecule has 8 heteroatoms. The molecule has 2 aliphatic heterocycles. The maximum Gasteiger partial charge on any atom is 0.410 e. The van der Waals surface area contributed by atoms with Crippen molar-refractivity contribution in [1.29, 1.82) is 0 Å². The molecular formula is C21H41N5O3. The number of ether oxygens (including phenoxy) is 2. The fourth-order valence-electron chi connectivity index (χ4n) is 3.82. The lowest BCUT2D eigenvalue weighted by atomic mass is 9.89. The second kappa shape index (κ2) is 10.5. The Labute approximate surface area is 176 Å². The molecule has 0 saturated carbocycles. The number of rotatable bonds is 5. The van der Waals surface area contributed by atoms with E-state index in [4.69, 9.17) is 14.5 Å². The molecule has 0 aromatic carbocycles. The Morgan fingerprint density at radius 2 is 2.00 bits per heavy atom. The van der Waals surface area contributed by atoms with Gasteiger partial charge in [-0.1, -0.05) is 0 Å². The molecule has 1 atom stereocenters. The Kier molecular flexibility index (Phi) is 8.58. The van der Waals surface area contributed by atoms with E-state index in [0.29, 0.717) is 6.54 Å². The summed E-state index contributed by atoms with van der Waals surface area (Å²) in [5, 5.41) is 6.90. The van der Waals surface area contributed by atoms with Crippen LogP contribution in [-0.4, -0.2) is 92.5 Å². The number of nitrogens with zero attached hydrogens (tertiary/aromatic N) is 3. The average Bonchev–Trinajstić information content (AvgIpc) is 2.66. The number of nitrogens with one attached hydrogen (secondary N) is 2. The number of carbonyl (C=O) groups is 1. The molecule has 2 rings (SSSR count). The van der Waals surface area contributed by atoms with Crippen molar-refractivity contribution in [1.82, 2.24) is 20.4 Å². The zero-order valence-electron chi connectivity index (χ0n) is 19.2. The summed E-state index contributed by atoms with van der Waals surface area (Å²) < 4.78 is 11.1. The molecule has 2 heterocycles. The highest BCUT2D eigenvalue weighted by Gasteiger charge is 2.35. The van der Waals surface area contributed by atoms with Crippen LogP contribution < -0.4 is 10.6 Å². The predicted molar refractivity (Wildman–Crippen MR) is 116 cm³/mol. The number of guanidine groups is 1. The molecule has 8 nitrogen and oxygen atoms in total. The van der Waals surface area contributed by atoms with Crippen LogP contribution in [0, 0.1) is 0 Å². The summed E-state index contributed by atoms with van der Waals surface area (Å²) in [6.07, 6.45) is 3.70. The zero-order valence-corrected chi connectivity index (χ0v) is 19.2. The van der Waals surface area contributed by atoms with Gasteiger partial charge in [0.1, 0.15) is 5.60 Å². The summed E-state index contributed by atoms with van der Waals surface area (Å²) in [6.45, 7) is 12.2. The Morgan fingerprint density at radius 3 is 2.59 bits per heavy atom. The van der Waals surface area contributed by atoms with Gasteiger partial charge in [0.25, 0.3) is 0 Å². The van der Waals surface area contributed by atoms with Crippen molar-refractivity contribution in [2.75, 3.05) is 53.5 Å². The predicted octanol–water partition coefficient (Wildman–Crippen LogP) is 2.05. The van der Waals surface area contributed by atoms with E-state index in [2.05, 4.69) is 36.6 Å². The van der Waals surface area contributed by atoms with E-state index in [1.165, 1.54) is 0 Å². The summed E-state index contributed by atoms with van der Waals surface area (Å²) in [6, 6.07) is 0.166.